The Bertz CT molecular complexity index is 976. The van der Waals surface area contributed by atoms with Gasteiger partial charge in [-0.2, -0.15) is 13.2 Å². The molecule has 0 aliphatic rings. The molecule has 0 amide bonds. The van der Waals surface area contributed by atoms with Gasteiger partial charge in [-0.05, 0) is 59.5 Å². The van der Waals surface area contributed by atoms with Gasteiger partial charge in [-0.3, -0.25) is 0 Å². The molecule has 156 valence electrons. The minimum absolute atomic E-state index is 0.198. The maximum atomic E-state index is 12.7. The SMILES string of the molecule is CC[C@@H](Oc1ccc(C(=O)OC)cc1)c1ccc(-c2ccc(C(F)(F)F)cc2)cc1. The first-order valence-electron chi connectivity index (χ1n) is 9.44. The number of alkyl halides is 3. The Morgan fingerprint density at radius 1 is 0.867 bits per heavy atom. The Balaban J connectivity index is 1.73. The Labute approximate surface area is 173 Å². The molecule has 0 unspecified atom stereocenters. The van der Waals surface area contributed by atoms with E-state index in [9.17, 15) is 18.0 Å². The number of halogens is 3. The lowest BCUT2D eigenvalue weighted by Crippen LogP contribution is -2.07. The fourth-order valence-corrected chi connectivity index (χ4v) is 3.08. The predicted octanol–water partition coefficient (Wildman–Crippen LogP) is 6.69. The number of rotatable bonds is 6. The van der Waals surface area contributed by atoms with E-state index in [1.54, 1.807) is 24.3 Å². The Hall–Kier alpha value is -3.28. The van der Waals surface area contributed by atoms with Gasteiger partial charge in [-0.1, -0.05) is 43.3 Å². The lowest BCUT2D eigenvalue weighted by Gasteiger charge is -2.18. The van der Waals surface area contributed by atoms with Crippen LogP contribution in [0.3, 0.4) is 0 Å². The van der Waals surface area contributed by atoms with Crippen molar-refractivity contribution in [1.82, 2.24) is 0 Å². The molecule has 0 bridgehead atoms. The summed E-state index contributed by atoms with van der Waals surface area (Å²) in [5.41, 5.74) is 2.26. The second-order valence-electron chi connectivity index (χ2n) is 6.73. The monoisotopic (exact) mass is 414 g/mol. The van der Waals surface area contributed by atoms with Gasteiger partial charge >= 0.3 is 12.1 Å². The molecular weight excluding hydrogens is 393 g/mol. The average molecular weight is 414 g/mol. The zero-order valence-electron chi connectivity index (χ0n) is 16.6. The van der Waals surface area contributed by atoms with Crippen LogP contribution in [0.2, 0.25) is 0 Å². The molecule has 0 heterocycles. The number of carbonyl (C=O) groups is 1. The molecule has 0 saturated carbocycles. The Morgan fingerprint density at radius 3 is 1.87 bits per heavy atom. The molecule has 0 N–H and O–H groups in total. The Kier molecular flexibility index (Phi) is 6.45. The summed E-state index contributed by atoms with van der Waals surface area (Å²) in [4.78, 5) is 11.5. The van der Waals surface area contributed by atoms with Gasteiger partial charge in [0.25, 0.3) is 0 Å². The summed E-state index contributed by atoms with van der Waals surface area (Å²) in [6.07, 6.45) is -3.82. The van der Waals surface area contributed by atoms with Crippen molar-refractivity contribution in [2.75, 3.05) is 7.11 Å². The van der Waals surface area contributed by atoms with E-state index in [1.807, 2.05) is 31.2 Å². The minimum Gasteiger partial charge on any atom is -0.486 e. The van der Waals surface area contributed by atoms with Crippen LogP contribution in [0.4, 0.5) is 13.2 Å². The van der Waals surface area contributed by atoms with Gasteiger partial charge in [-0.15, -0.1) is 0 Å². The third-order valence-electron chi connectivity index (χ3n) is 4.75. The summed E-state index contributed by atoms with van der Waals surface area (Å²) < 4.78 is 48.9. The molecule has 1 atom stereocenters. The maximum Gasteiger partial charge on any atom is 0.416 e. The highest BCUT2D eigenvalue weighted by atomic mass is 19.4. The minimum atomic E-state index is -4.34. The average Bonchev–Trinajstić information content (AvgIpc) is 2.77. The first-order chi connectivity index (χ1) is 14.3. The fourth-order valence-electron chi connectivity index (χ4n) is 3.08. The summed E-state index contributed by atoms with van der Waals surface area (Å²) in [5, 5.41) is 0. The number of hydrogen-bond acceptors (Lipinski definition) is 3. The number of hydrogen-bond donors (Lipinski definition) is 0. The van der Waals surface area contributed by atoms with Crippen molar-refractivity contribution in [3.05, 3.63) is 89.5 Å². The molecule has 0 fully saturated rings. The molecule has 3 nitrogen and oxygen atoms in total. The maximum absolute atomic E-state index is 12.7. The van der Waals surface area contributed by atoms with E-state index in [-0.39, 0.29) is 6.10 Å². The van der Waals surface area contributed by atoms with Crippen LogP contribution in [0.15, 0.2) is 72.8 Å². The van der Waals surface area contributed by atoms with Crippen molar-refractivity contribution in [1.29, 1.82) is 0 Å². The smallest absolute Gasteiger partial charge is 0.416 e. The van der Waals surface area contributed by atoms with Crippen LogP contribution in [-0.4, -0.2) is 13.1 Å². The van der Waals surface area contributed by atoms with Crippen molar-refractivity contribution < 1.29 is 27.4 Å². The third-order valence-corrected chi connectivity index (χ3v) is 4.75. The van der Waals surface area contributed by atoms with Crippen LogP contribution in [0.25, 0.3) is 11.1 Å². The van der Waals surface area contributed by atoms with E-state index in [1.165, 1.54) is 19.2 Å². The highest BCUT2D eigenvalue weighted by Crippen LogP contribution is 2.32. The van der Waals surface area contributed by atoms with Crippen molar-refractivity contribution >= 4 is 5.97 Å². The van der Waals surface area contributed by atoms with Gasteiger partial charge in [0.15, 0.2) is 0 Å². The van der Waals surface area contributed by atoms with Gasteiger partial charge in [0.05, 0.1) is 18.2 Å². The van der Waals surface area contributed by atoms with E-state index >= 15 is 0 Å². The van der Waals surface area contributed by atoms with Gasteiger partial charge < -0.3 is 9.47 Å². The summed E-state index contributed by atoms with van der Waals surface area (Å²) in [7, 11) is 1.33. The second kappa shape index (κ2) is 9.03. The summed E-state index contributed by atoms with van der Waals surface area (Å²) in [6, 6.07) is 19.4. The van der Waals surface area contributed by atoms with Gasteiger partial charge in [0, 0.05) is 0 Å². The molecule has 3 rings (SSSR count). The number of ether oxygens (including phenoxy) is 2. The van der Waals surface area contributed by atoms with Crippen LogP contribution in [0.1, 0.15) is 40.9 Å². The van der Waals surface area contributed by atoms with E-state index in [0.29, 0.717) is 16.9 Å². The number of methoxy groups -OCH3 is 1. The molecule has 3 aromatic carbocycles. The lowest BCUT2D eigenvalue weighted by molar-refractivity contribution is -0.137. The molecular formula is C24H21F3O3. The predicted molar refractivity (Wildman–Crippen MR) is 108 cm³/mol. The first kappa shape index (κ1) is 21.4. The quantitative estimate of drug-likeness (QED) is 0.422. The lowest BCUT2D eigenvalue weighted by atomic mass is 10.00. The van der Waals surface area contributed by atoms with E-state index < -0.39 is 17.7 Å². The summed E-state index contributed by atoms with van der Waals surface area (Å²) >= 11 is 0. The molecule has 0 aromatic heterocycles. The fraction of sp³-hybridized carbons (Fsp3) is 0.208. The standard InChI is InChI=1S/C24H21F3O3/c1-3-22(30-21-14-10-19(11-15-21)23(28)29-2)18-6-4-16(5-7-18)17-8-12-20(13-9-17)24(25,26)27/h4-15,22H,3H2,1-2H3/t22-/m1/s1. The second-order valence-corrected chi connectivity index (χ2v) is 6.73. The molecule has 0 aliphatic carbocycles. The normalized spacial score (nSPS) is 12.3. The van der Waals surface area contributed by atoms with E-state index in [2.05, 4.69) is 4.74 Å². The molecule has 0 radical (unpaired) electrons. The summed E-state index contributed by atoms with van der Waals surface area (Å²) in [5.74, 6) is 0.216. The molecule has 0 aliphatic heterocycles. The topological polar surface area (TPSA) is 35.5 Å². The first-order valence-corrected chi connectivity index (χ1v) is 9.44. The van der Waals surface area contributed by atoms with E-state index in [4.69, 9.17) is 4.74 Å². The van der Waals surface area contributed by atoms with Crippen molar-refractivity contribution in [2.24, 2.45) is 0 Å². The van der Waals surface area contributed by atoms with Crippen molar-refractivity contribution in [2.45, 2.75) is 25.6 Å². The molecule has 0 saturated heterocycles. The highest BCUT2D eigenvalue weighted by molar-refractivity contribution is 5.89. The molecule has 30 heavy (non-hydrogen) atoms. The zero-order chi connectivity index (χ0) is 21.7. The van der Waals surface area contributed by atoms with Gasteiger partial charge in [0.2, 0.25) is 0 Å². The van der Waals surface area contributed by atoms with Crippen molar-refractivity contribution in [3.63, 3.8) is 0 Å². The Morgan fingerprint density at radius 2 is 1.40 bits per heavy atom. The molecule has 3 aromatic rings. The van der Waals surface area contributed by atoms with E-state index in [0.717, 1.165) is 29.7 Å². The van der Waals surface area contributed by atoms with Crippen LogP contribution >= 0.6 is 0 Å². The highest BCUT2D eigenvalue weighted by Gasteiger charge is 2.29. The zero-order valence-corrected chi connectivity index (χ0v) is 16.6. The number of carbonyl (C=O) groups excluding carboxylic acids is 1. The third kappa shape index (κ3) is 5.00. The van der Waals surface area contributed by atoms with Crippen LogP contribution in [0, 0.1) is 0 Å². The number of esters is 1. The van der Waals surface area contributed by atoms with Crippen LogP contribution in [-0.2, 0) is 10.9 Å². The molecule has 0 spiro atoms. The largest absolute Gasteiger partial charge is 0.486 e. The van der Waals surface area contributed by atoms with Gasteiger partial charge in [-0.25, -0.2) is 4.79 Å². The van der Waals surface area contributed by atoms with Crippen LogP contribution in [0.5, 0.6) is 5.75 Å². The van der Waals surface area contributed by atoms with Crippen LogP contribution < -0.4 is 4.74 Å². The van der Waals surface area contributed by atoms with Gasteiger partial charge in [0.1, 0.15) is 11.9 Å². The molecule has 6 heteroatoms. The number of benzene rings is 3. The van der Waals surface area contributed by atoms with Crippen molar-refractivity contribution in [3.8, 4) is 16.9 Å². The summed E-state index contributed by atoms with van der Waals surface area (Å²) in [6.45, 7) is 2.00.